The normalized spacial score (nSPS) is 17.0. The van der Waals surface area contributed by atoms with Crippen LogP contribution in [0.4, 0.5) is 0 Å². The van der Waals surface area contributed by atoms with Crippen molar-refractivity contribution < 1.29 is 9.90 Å². The van der Waals surface area contributed by atoms with Gasteiger partial charge in [0.15, 0.2) is 0 Å². The van der Waals surface area contributed by atoms with Gasteiger partial charge in [-0.1, -0.05) is 23.4 Å². The molecular weight excluding hydrogens is 306 g/mol. The van der Waals surface area contributed by atoms with Gasteiger partial charge < -0.3 is 10.0 Å². The van der Waals surface area contributed by atoms with Gasteiger partial charge in [-0.25, -0.2) is 0 Å². The van der Waals surface area contributed by atoms with Crippen molar-refractivity contribution in [1.82, 2.24) is 4.90 Å². The first kappa shape index (κ1) is 16.2. The summed E-state index contributed by atoms with van der Waals surface area (Å²) >= 11 is 8.03. The Labute approximate surface area is 134 Å². The zero-order valence-corrected chi connectivity index (χ0v) is 13.7. The van der Waals surface area contributed by atoms with Crippen LogP contribution in [0.5, 0.6) is 0 Å². The van der Waals surface area contributed by atoms with E-state index in [0.29, 0.717) is 16.1 Å². The molecule has 1 aromatic carbocycles. The van der Waals surface area contributed by atoms with E-state index in [4.69, 9.17) is 16.7 Å². The van der Waals surface area contributed by atoms with Crippen LogP contribution in [-0.2, 0) is 0 Å². The third-order valence-electron chi connectivity index (χ3n) is 3.23. The molecule has 1 aliphatic rings. The Bertz CT molecular complexity index is 604. The van der Waals surface area contributed by atoms with E-state index in [-0.39, 0.29) is 17.3 Å². The van der Waals surface area contributed by atoms with Crippen molar-refractivity contribution in [1.29, 1.82) is 0 Å². The van der Waals surface area contributed by atoms with Gasteiger partial charge >= 0.3 is 0 Å². The standard InChI is InChI=1S/C16H18ClNO2S/c1-16(2)11-18(7-9-21-16)15(20)13-6-5-12(4-3-8-19)14(17)10-13/h5-6,10,19H,7-9,11H2,1-2H3. The topological polar surface area (TPSA) is 40.5 Å². The SMILES string of the molecule is CC1(C)CN(C(=O)c2ccc(C#CCO)c(Cl)c2)CCS1. The molecule has 21 heavy (non-hydrogen) atoms. The van der Waals surface area contributed by atoms with Crippen LogP contribution >= 0.6 is 23.4 Å². The minimum Gasteiger partial charge on any atom is -0.384 e. The molecule has 1 saturated heterocycles. The Morgan fingerprint density at radius 3 is 2.90 bits per heavy atom. The number of thioether (sulfide) groups is 1. The van der Waals surface area contributed by atoms with Crippen LogP contribution in [0, 0.1) is 11.8 Å². The predicted molar refractivity (Wildman–Crippen MR) is 87.9 cm³/mol. The molecule has 0 radical (unpaired) electrons. The lowest BCUT2D eigenvalue weighted by Crippen LogP contribution is -2.46. The Kier molecular flexibility index (Phi) is 5.21. The Morgan fingerprint density at radius 2 is 2.29 bits per heavy atom. The molecule has 0 saturated carbocycles. The lowest BCUT2D eigenvalue weighted by atomic mass is 10.1. The van der Waals surface area contributed by atoms with E-state index < -0.39 is 0 Å². The number of halogens is 1. The molecule has 0 unspecified atom stereocenters. The molecule has 0 aliphatic carbocycles. The van der Waals surface area contributed by atoms with Crippen molar-refractivity contribution in [2.24, 2.45) is 0 Å². The van der Waals surface area contributed by atoms with E-state index >= 15 is 0 Å². The molecule has 1 fully saturated rings. The summed E-state index contributed by atoms with van der Waals surface area (Å²) in [4.78, 5) is 14.4. The van der Waals surface area contributed by atoms with Gasteiger partial charge in [0.05, 0.1) is 5.02 Å². The molecule has 1 N–H and O–H groups in total. The fraction of sp³-hybridized carbons (Fsp3) is 0.438. The fourth-order valence-electron chi connectivity index (χ4n) is 2.26. The largest absolute Gasteiger partial charge is 0.384 e. The maximum absolute atomic E-state index is 12.5. The number of benzene rings is 1. The molecule has 1 amide bonds. The van der Waals surface area contributed by atoms with Crippen LogP contribution in [0.3, 0.4) is 0 Å². The van der Waals surface area contributed by atoms with E-state index in [9.17, 15) is 4.79 Å². The molecule has 1 aliphatic heterocycles. The second-order valence-electron chi connectivity index (χ2n) is 5.49. The molecule has 1 aromatic rings. The molecule has 112 valence electrons. The number of hydrogen-bond acceptors (Lipinski definition) is 3. The number of carbonyl (C=O) groups excluding carboxylic acids is 1. The summed E-state index contributed by atoms with van der Waals surface area (Å²) < 4.78 is 0.0875. The second kappa shape index (κ2) is 6.74. The van der Waals surface area contributed by atoms with Gasteiger partial charge in [0.2, 0.25) is 0 Å². The van der Waals surface area contributed by atoms with E-state index in [1.807, 2.05) is 16.7 Å². The summed E-state index contributed by atoms with van der Waals surface area (Å²) in [7, 11) is 0. The molecule has 5 heteroatoms. The molecule has 2 rings (SSSR count). The van der Waals surface area contributed by atoms with Crippen molar-refractivity contribution in [3.8, 4) is 11.8 Å². The highest BCUT2D eigenvalue weighted by atomic mass is 35.5. The van der Waals surface area contributed by atoms with Gasteiger partial charge in [0.25, 0.3) is 5.91 Å². The first-order valence-electron chi connectivity index (χ1n) is 6.75. The number of hydrogen-bond donors (Lipinski definition) is 1. The van der Waals surface area contributed by atoms with Crippen molar-refractivity contribution in [3.63, 3.8) is 0 Å². The summed E-state index contributed by atoms with van der Waals surface area (Å²) in [5.41, 5.74) is 1.20. The highest BCUT2D eigenvalue weighted by Crippen LogP contribution is 2.30. The molecular formula is C16H18ClNO2S. The molecule has 0 bridgehead atoms. The Hall–Kier alpha value is -1.15. The highest BCUT2D eigenvalue weighted by Gasteiger charge is 2.30. The molecule has 0 atom stereocenters. The summed E-state index contributed by atoms with van der Waals surface area (Å²) in [6.07, 6.45) is 0. The van der Waals surface area contributed by atoms with Crippen LogP contribution in [0.25, 0.3) is 0 Å². The van der Waals surface area contributed by atoms with Crippen LogP contribution in [0.2, 0.25) is 5.02 Å². The highest BCUT2D eigenvalue weighted by molar-refractivity contribution is 8.00. The van der Waals surface area contributed by atoms with Crippen LogP contribution in [0.15, 0.2) is 18.2 Å². The number of carbonyl (C=O) groups is 1. The fourth-order valence-corrected chi connectivity index (χ4v) is 3.60. The smallest absolute Gasteiger partial charge is 0.253 e. The number of amides is 1. The summed E-state index contributed by atoms with van der Waals surface area (Å²) in [6.45, 7) is 5.59. The molecule has 1 heterocycles. The second-order valence-corrected chi connectivity index (χ2v) is 7.70. The third-order valence-corrected chi connectivity index (χ3v) is 4.84. The van der Waals surface area contributed by atoms with Crippen molar-refractivity contribution in [2.75, 3.05) is 25.4 Å². The van der Waals surface area contributed by atoms with E-state index in [2.05, 4.69) is 25.7 Å². The number of nitrogens with zero attached hydrogens (tertiary/aromatic N) is 1. The van der Waals surface area contributed by atoms with Gasteiger partial charge in [-0.05, 0) is 32.0 Å². The summed E-state index contributed by atoms with van der Waals surface area (Å²) in [5.74, 6) is 6.27. The monoisotopic (exact) mass is 323 g/mol. The molecule has 0 spiro atoms. The van der Waals surface area contributed by atoms with Gasteiger partial charge in [-0.3, -0.25) is 4.79 Å². The van der Waals surface area contributed by atoms with Gasteiger partial charge in [-0.2, -0.15) is 11.8 Å². The summed E-state index contributed by atoms with van der Waals surface area (Å²) in [6, 6.07) is 5.12. The number of aliphatic hydroxyl groups excluding tert-OH is 1. The van der Waals surface area contributed by atoms with Crippen molar-refractivity contribution in [3.05, 3.63) is 34.3 Å². The van der Waals surface area contributed by atoms with E-state index in [1.54, 1.807) is 18.2 Å². The lowest BCUT2D eigenvalue weighted by molar-refractivity contribution is 0.0748. The van der Waals surface area contributed by atoms with E-state index in [0.717, 1.165) is 18.8 Å². The Morgan fingerprint density at radius 1 is 1.52 bits per heavy atom. The molecule has 3 nitrogen and oxygen atoms in total. The number of aliphatic hydroxyl groups is 1. The zero-order valence-electron chi connectivity index (χ0n) is 12.1. The van der Waals surface area contributed by atoms with Crippen LogP contribution < -0.4 is 0 Å². The number of rotatable bonds is 1. The van der Waals surface area contributed by atoms with Crippen LogP contribution in [0.1, 0.15) is 29.8 Å². The van der Waals surface area contributed by atoms with Crippen LogP contribution in [-0.4, -0.2) is 46.1 Å². The van der Waals surface area contributed by atoms with Gasteiger partial charge in [0.1, 0.15) is 6.61 Å². The maximum atomic E-state index is 12.5. The van der Waals surface area contributed by atoms with Crippen molar-refractivity contribution >= 4 is 29.3 Å². The first-order chi connectivity index (χ1) is 9.93. The zero-order chi connectivity index (χ0) is 15.5. The average molecular weight is 324 g/mol. The minimum atomic E-state index is -0.211. The van der Waals surface area contributed by atoms with E-state index in [1.165, 1.54) is 0 Å². The summed E-state index contributed by atoms with van der Waals surface area (Å²) in [5, 5.41) is 9.14. The quantitative estimate of drug-likeness (QED) is 0.808. The van der Waals surface area contributed by atoms with Gasteiger partial charge in [0, 0.05) is 34.7 Å². The average Bonchev–Trinajstić information content (AvgIpc) is 2.44. The maximum Gasteiger partial charge on any atom is 0.253 e. The lowest BCUT2D eigenvalue weighted by Gasteiger charge is -2.37. The third kappa shape index (κ3) is 4.16. The van der Waals surface area contributed by atoms with Crippen molar-refractivity contribution in [2.45, 2.75) is 18.6 Å². The Balaban J connectivity index is 2.18. The van der Waals surface area contributed by atoms with Gasteiger partial charge in [-0.15, -0.1) is 0 Å². The first-order valence-corrected chi connectivity index (χ1v) is 8.12. The minimum absolute atomic E-state index is 0.00643. The molecule has 0 aromatic heterocycles. The predicted octanol–water partition coefficient (Wildman–Crippen LogP) is 2.65.